The molecule has 0 aliphatic heterocycles. The van der Waals surface area contributed by atoms with Gasteiger partial charge < -0.3 is 9.84 Å². The molecular formula is C8H9BrN2O2. The van der Waals surface area contributed by atoms with E-state index in [9.17, 15) is 4.79 Å². The molecule has 1 amide bonds. The Kier molecular flexibility index (Phi) is 2.11. The van der Waals surface area contributed by atoms with Crippen molar-refractivity contribution < 1.29 is 9.32 Å². The topological polar surface area (TPSA) is 55.1 Å². The number of hydrogen-bond acceptors (Lipinski definition) is 3. The molecule has 13 heavy (non-hydrogen) atoms. The summed E-state index contributed by atoms with van der Waals surface area (Å²) in [7, 11) is 0. The van der Waals surface area contributed by atoms with Gasteiger partial charge in [-0.05, 0) is 12.8 Å². The first-order valence-corrected chi connectivity index (χ1v) is 5.17. The predicted molar refractivity (Wildman–Crippen MR) is 49.7 cm³/mol. The number of alkyl halides is 1. The monoisotopic (exact) mass is 244 g/mol. The zero-order valence-corrected chi connectivity index (χ0v) is 8.50. The van der Waals surface area contributed by atoms with Crippen LogP contribution in [0, 0.1) is 0 Å². The zero-order valence-electron chi connectivity index (χ0n) is 6.92. The predicted octanol–water partition coefficient (Wildman–Crippen LogP) is 1.33. The fraction of sp³-hybridized carbons (Fsp3) is 0.500. The first kappa shape index (κ1) is 8.74. The first-order valence-electron chi connectivity index (χ1n) is 4.05. The molecule has 1 aromatic heterocycles. The van der Waals surface area contributed by atoms with Gasteiger partial charge in [-0.15, -0.1) is 0 Å². The number of nitrogens with one attached hydrogen (secondary N) is 1. The lowest BCUT2D eigenvalue weighted by molar-refractivity contribution is 0.0927. The van der Waals surface area contributed by atoms with Crippen LogP contribution in [0.4, 0.5) is 0 Å². The lowest BCUT2D eigenvalue weighted by Crippen LogP contribution is -2.38. The third-order valence-electron chi connectivity index (χ3n) is 2.16. The smallest absolute Gasteiger partial charge is 0.273 e. The van der Waals surface area contributed by atoms with Crippen molar-refractivity contribution in [1.29, 1.82) is 0 Å². The summed E-state index contributed by atoms with van der Waals surface area (Å²) in [6.45, 7) is 0. The second-order valence-corrected chi connectivity index (χ2v) is 3.81. The summed E-state index contributed by atoms with van der Waals surface area (Å²) in [4.78, 5) is 11.5. The summed E-state index contributed by atoms with van der Waals surface area (Å²) >= 11 is 3.37. The molecule has 0 radical (unpaired) electrons. The third-order valence-corrected chi connectivity index (χ3v) is 3.23. The minimum Gasteiger partial charge on any atom is -0.364 e. The van der Waals surface area contributed by atoms with Gasteiger partial charge in [0, 0.05) is 11.4 Å². The Morgan fingerprint density at radius 1 is 1.77 bits per heavy atom. The fourth-order valence-electron chi connectivity index (χ4n) is 1.08. The van der Waals surface area contributed by atoms with Gasteiger partial charge in [0.05, 0.1) is 5.54 Å². The molecule has 70 valence electrons. The number of rotatable bonds is 3. The third kappa shape index (κ3) is 1.75. The normalized spacial score (nSPS) is 18.2. The Bertz CT molecular complexity index is 306. The number of aromatic nitrogens is 1. The van der Waals surface area contributed by atoms with Crippen LogP contribution in [-0.4, -0.2) is 21.9 Å². The Labute approximate surface area is 83.8 Å². The summed E-state index contributed by atoms with van der Waals surface area (Å²) in [6, 6.07) is 1.56. The van der Waals surface area contributed by atoms with Crippen molar-refractivity contribution in [2.75, 3.05) is 5.33 Å². The molecule has 1 aliphatic carbocycles. The van der Waals surface area contributed by atoms with Crippen LogP contribution < -0.4 is 5.32 Å². The van der Waals surface area contributed by atoms with Crippen molar-refractivity contribution in [2.24, 2.45) is 0 Å². The number of carbonyl (C=O) groups is 1. The van der Waals surface area contributed by atoms with Crippen LogP contribution in [-0.2, 0) is 0 Å². The molecule has 1 saturated carbocycles. The van der Waals surface area contributed by atoms with Crippen molar-refractivity contribution in [2.45, 2.75) is 18.4 Å². The van der Waals surface area contributed by atoms with Crippen molar-refractivity contribution in [3.05, 3.63) is 18.0 Å². The average molecular weight is 245 g/mol. The molecule has 2 rings (SSSR count). The van der Waals surface area contributed by atoms with Gasteiger partial charge in [-0.3, -0.25) is 4.79 Å². The number of nitrogens with zero attached hydrogens (tertiary/aromatic N) is 1. The molecule has 1 aromatic rings. The van der Waals surface area contributed by atoms with Crippen molar-refractivity contribution in [1.82, 2.24) is 10.5 Å². The lowest BCUT2D eigenvalue weighted by Gasteiger charge is -2.11. The summed E-state index contributed by atoms with van der Waals surface area (Å²) in [5.41, 5.74) is 0.308. The van der Waals surface area contributed by atoms with E-state index in [1.54, 1.807) is 6.07 Å². The molecule has 4 nitrogen and oxygen atoms in total. The van der Waals surface area contributed by atoms with Gasteiger partial charge in [0.1, 0.15) is 6.26 Å². The molecule has 0 bridgehead atoms. The van der Waals surface area contributed by atoms with E-state index in [4.69, 9.17) is 0 Å². The van der Waals surface area contributed by atoms with Crippen molar-refractivity contribution >= 4 is 21.8 Å². The second kappa shape index (κ2) is 3.14. The van der Waals surface area contributed by atoms with E-state index in [1.807, 2.05) is 0 Å². The van der Waals surface area contributed by atoms with Crippen LogP contribution in [0.3, 0.4) is 0 Å². The molecular weight excluding hydrogens is 236 g/mol. The van der Waals surface area contributed by atoms with E-state index in [0.717, 1.165) is 18.2 Å². The molecule has 1 heterocycles. The van der Waals surface area contributed by atoms with Gasteiger partial charge in [-0.25, -0.2) is 0 Å². The molecule has 1 fully saturated rings. The van der Waals surface area contributed by atoms with Crippen LogP contribution in [0.1, 0.15) is 23.3 Å². The minimum absolute atomic E-state index is 0.0317. The average Bonchev–Trinajstić information content (AvgIpc) is 2.69. The summed E-state index contributed by atoms with van der Waals surface area (Å²) in [5, 5.41) is 7.27. The Balaban J connectivity index is 2.00. The fourth-order valence-corrected chi connectivity index (χ4v) is 1.78. The number of amides is 1. The Morgan fingerprint density at radius 2 is 2.54 bits per heavy atom. The van der Waals surface area contributed by atoms with Crippen LogP contribution in [0.5, 0.6) is 0 Å². The number of carbonyl (C=O) groups excluding carboxylic acids is 1. The van der Waals surface area contributed by atoms with Crippen molar-refractivity contribution in [3.63, 3.8) is 0 Å². The maximum absolute atomic E-state index is 11.5. The first-order chi connectivity index (χ1) is 6.26. The van der Waals surface area contributed by atoms with E-state index in [-0.39, 0.29) is 11.4 Å². The highest BCUT2D eigenvalue weighted by molar-refractivity contribution is 9.09. The van der Waals surface area contributed by atoms with Crippen LogP contribution in [0.15, 0.2) is 16.9 Å². The summed E-state index contributed by atoms with van der Waals surface area (Å²) in [6.07, 6.45) is 3.45. The second-order valence-electron chi connectivity index (χ2n) is 3.25. The van der Waals surface area contributed by atoms with E-state index >= 15 is 0 Å². The minimum atomic E-state index is -0.161. The zero-order chi connectivity index (χ0) is 9.31. The number of halogens is 1. The molecule has 0 atom stereocenters. The van der Waals surface area contributed by atoms with Gasteiger partial charge >= 0.3 is 0 Å². The molecule has 0 unspecified atom stereocenters. The molecule has 0 spiro atoms. The largest absolute Gasteiger partial charge is 0.364 e. The molecule has 1 N–H and O–H groups in total. The Morgan fingerprint density at radius 3 is 3.00 bits per heavy atom. The van der Waals surface area contributed by atoms with Gasteiger partial charge in [0.2, 0.25) is 0 Å². The maximum Gasteiger partial charge on any atom is 0.273 e. The standard InChI is InChI=1S/C8H9BrN2O2/c9-5-8(2-3-8)10-7(12)6-1-4-13-11-6/h1,4H,2-3,5H2,(H,10,12). The Hall–Kier alpha value is -0.840. The SMILES string of the molecule is O=C(NC1(CBr)CC1)c1ccon1. The van der Waals surface area contributed by atoms with E-state index in [2.05, 4.69) is 30.9 Å². The van der Waals surface area contributed by atoms with E-state index < -0.39 is 0 Å². The molecule has 5 heteroatoms. The van der Waals surface area contributed by atoms with Gasteiger partial charge in [0.15, 0.2) is 5.69 Å². The van der Waals surface area contributed by atoms with Crippen LogP contribution >= 0.6 is 15.9 Å². The highest BCUT2D eigenvalue weighted by atomic mass is 79.9. The molecule has 0 aromatic carbocycles. The van der Waals surface area contributed by atoms with E-state index in [1.165, 1.54) is 6.26 Å². The van der Waals surface area contributed by atoms with Crippen molar-refractivity contribution in [3.8, 4) is 0 Å². The van der Waals surface area contributed by atoms with Crippen LogP contribution in [0.2, 0.25) is 0 Å². The lowest BCUT2D eigenvalue weighted by atomic mass is 10.3. The molecule has 1 aliphatic rings. The summed E-state index contributed by atoms with van der Waals surface area (Å²) in [5.74, 6) is -0.161. The maximum atomic E-state index is 11.5. The number of hydrogen-bond donors (Lipinski definition) is 1. The quantitative estimate of drug-likeness (QED) is 0.817. The molecule has 0 saturated heterocycles. The van der Waals surface area contributed by atoms with Gasteiger partial charge in [-0.1, -0.05) is 21.1 Å². The van der Waals surface area contributed by atoms with Crippen LogP contribution in [0.25, 0.3) is 0 Å². The van der Waals surface area contributed by atoms with Gasteiger partial charge in [-0.2, -0.15) is 0 Å². The van der Waals surface area contributed by atoms with E-state index in [0.29, 0.717) is 5.69 Å². The summed E-state index contributed by atoms with van der Waals surface area (Å²) < 4.78 is 4.58. The van der Waals surface area contributed by atoms with Gasteiger partial charge in [0.25, 0.3) is 5.91 Å². The highest BCUT2D eigenvalue weighted by Crippen LogP contribution is 2.37. The highest BCUT2D eigenvalue weighted by Gasteiger charge is 2.43.